The molecule has 1 heterocycles. The molecule has 96 valence electrons. The Morgan fingerprint density at radius 1 is 1.39 bits per heavy atom. The van der Waals surface area contributed by atoms with Gasteiger partial charge in [0, 0.05) is 15.4 Å². The summed E-state index contributed by atoms with van der Waals surface area (Å²) in [5.74, 6) is 0. The Balaban J connectivity index is 2.14. The molecular weight excluding hydrogens is 326 g/mol. The van der Waals surface area contributed by atoms with E-state index in [-0.39, 0.29) is 0 Å². The zero-order valence-corrected chi connectivity index (χ0v) is 13.7. The summed E-state index contributed by atoms with van der Waals surface area (Å²) in [6, 6.07) is 11.2. The molecule has 0 fully saturated rings. The monoisotopic (exact) mass is 341 g/mol. The fourth-order valence-electron chi connectivity index (χ4n) is 1.72. The van der Waals surface area contributed by atoms with Crippen molar-refractivity contribution in [1.82, 2.24) is 5.32 Å². The summed E-state index contributed by atoms with van der Waals surface area (Å²) in [6.45, 7) is 5.31. The number of thiophene rings is 1. The number of hydrogen-bond acceptors (Lipinski definition) is 3. The highest BCUT2D eigenvalue weighted by molar-refractivity contribution is 9.10. The molecular formula is C14H16BrNS2. The van der Waals surface area contributed by atoms with E-state index in [1.165, 1.54) is 19.1 Å². The minimum atomic E-state index is 0.395. The maximum atomic E-state index is 3.67. The zero-order valence-electron chi connectivity index (χ0n) is 10.4. The summed E-state index contributed by atoms with van der Waals surface area (Å²) in [5, 5.41) is 5.54. The molecule has 0 aliphatic heterocycles. The van der Waals surface area contributed by atoms with Gasteiger partial charge < -0.3 is 5.32 Å². The molecule has 0 aliphatic rings. The van der Waals surface area contributed by atoms with Crippen LogP contribution in [0, 0.1) is 0 Å². The van der Waals surface area contributed by atoms with Crippen LogP contribution in [0.2, 0.25) is 0 Å². The lowest BCUT2D eigenvalue weighted by molar-refractivity contribution is 0.597. The normalized spacial score (nSPS) is 12.6. The standard InChI is InChI=1S/C14H16BrNS2/c1-3-16-10(2)11-6-7-13(12(15)9-11)18-14-5-4-8-17-14/h4-10,16H,3H2,1-2H3. The highest BCUT2D eigenvalue weighted by atomic mass is 79.9. The molecule has 0 saturated carbocycles. The highest BCUT2D eigenvalue weighted by Gasteiger charge is 2.08. The lowest BCUT2D eigenvalue weighted by Gasteiger charge is -2.14. The molecule has 1 unspecified atom stereocenters. The van der Waals surface area contributed by atoms with Crippen LogP contribution in [0.4, 0.5) is 0 Å². The third-order valence-electron chi connectivity index (χ3n) is 2.67. The van der Waals surface area contributed by atoms with Crippen molar-refractivity contribution in [2.45, 2.75) is 29.0 Å². The van der Waals surface area contributed by atoms with E-state index >= 15 is 0 Å². The molecule has 4 heteroatoms. The Morgan fingerprint density at radius 3 is 2.83 bits per heavy atom. The van der Waals surface area contributed by atoms with Crippen molar-refractivity contribution in [2.75, 3.05) is 6.54 Å². The second-order valence-electron chi connectivity index (χ2n) is 4.00. The molecule has 0 radical (unpaired) electrons. The molecule has 2 rings (SSSR count). The lowest BCUT2D eigenvalue weighted by atomic mass is 10.1. The van der Waals surface area contributed by atoms with Gasteiger partial charge in [0.1, 0.15) is 0 Å². The molecule has 1 N–H and O–H groups in total. The van der Waals surface area contributed by atoms with Gasteiger partial charge in [0.05, 0.1) is 4.21 Å². The molecule has 0 bridgehead atoms. The van der Waals surface area contributed by atoms with Crippen LogP contribution < -0.4 is 5.32 Å². The Morgan fingerprint density at radius 2 is 2.22 bits per heavy atom. The van der Waals surface area contributed by atoms with Crippen LogP contribution in [0.5, 0.6) is 0 Å². The lowest BCUT2D eigenvalue weighted by Crippen LogP contribution is -2.17. The average Bonchev–Trinajstić information content (AvgIpc) is 2.85. The predicted octanol–water partition coefficient (Wildman–Crippen LogP) is 5.33. The largest absolute Gasteiger partial charge is 0.310 e. The van der Waals surface area contributed by atoms with Crippen molar-refractivity contribution < 1.29 is 0 Å². The molecule has 1 atom stereocenters. The van der Waals surface area contributed by atoms with Crippen molar-refractivity contribution >= 4 is 39.0 Å². The van der Waals surface area contributed by atoms with Gasteiger partial charge in [-0.15, -0.1) is 11.3 Å². The van der Waals surface area contributed by atoms with Gasteiger partial charge >= 0.3 is 0 Å². The summed E-state index contributed by atoms with van der Waals surface area (Å²) in [5.41, 5.74) is 1.32. The molecule has 1 nitrogen and oxygen atoms in total. The smallest absolute Gasteiger partial charge is 0.0646 e. The first kappa shape index (κ1) is 14.1. The van der Waals surface area contributed by atoms with E-state index in [0.29, 0.717) is 6.04 Å². The maximum Gasteiger partial charge on any atom is 0.0646 e. The van der Waals surface area contributed by atoms with Gasteiger partial charge in [-0.05, 0) is 58.5 Å². The fourth-order valence-corrected chi connectivity index (χ4v) is 4.10. The quantitative estimate of drug-likeness (QED) is 0.788. The van der Waals surface area contributed by atoms with E-state index in [0.717, 1.165) is 6.54 Å². The minimum absolute atomic E-state index is 0.395. The summed E-state index contributed by atoms with van der Waals surface area (Å²) >= 11 is 7.25. The number of hydrogen-bond donors (Lipinski definition) is 1. The van der Waals surface area contributed by atoms with Crippen LogP contribution >= 0.6 is 39.0 Å². The summed E-state index contributed by atoms with van der Waals surface area (Å²) in [6.07, 6.45) is 0. The molecule has 0 spiro atoms. The molecule has 0 amide bonds. The van der Waals surface area contributed by atoms with Gasteiger partial charge in [-0.1, -0.05) is 30.8 Å². The van der Waals surface area contributed by atoms with Crippen LogP contribution in [-0.4, -0.2) is 6.54 Å². The van der Waals surface area contributed by atoms with Gasteiger partial charge in [0.25, 0.3) is 0 Å². The minimum Gasteiger partial charge on any atom is -0.310 e. The third kappa shape index (κ3) is 3.60. The van der Waals surface area contributed by atoms with Crippen LogP contribution in [0.25, 0.3) is 0 Å². The molecule has 0 saturated heterocycles. The van der Waals surface area contributed by atoms with Crippen molar-refractivity contribution in [2.24, 2.45) is 0 Å². The van der Waals surface area contributed by atoms with Crippen LogP contribution in [0.3, 0.4) is 0 Å². The predicted molar refractivity (Wildman–Crippen MR) is 84.7 cm³/mol. The van der Waals surface area contributed by atoms with E-state index in [2.05, 4.69) is 70.8 Å². The topological polar surface area (TPSA) is 12.0 Å². The van der Waals surface area contributed by atoms with Crippen LogP contribution in [0.1, 0.15) is 25.5 Å². The highest BCUT2D eigenvalue weighted by Crippen LogP contribution is 2.36. The third-order valence-corrected chi connectivity index (χ3v) is 5.70. The SMILES string of the molecule is CCNC(C)c1ccc(Sc2cccs2)c(Br)c1. The number of rotatable bonds is 5. The number of nitrogens with one attached hydrogen (secondary N) is 1. The van der Waals surface area contributed by atoms with Gasteiger partial charge in [0.15, 0.2) is 0 Å². The first-order chi connectivity index (χ1) is 8.70. The van der Waals surface area contributed by atoms with Gasteiger partial charge in [0.2, 0.25) is 0 Å². The van der Waals surface area contributed by atoms with E-state index < -0.39 is 0 Å². The fraction of sp³-hybridized carbons (Fsp3) is 0.286. The molecule has 2 aromatic rings. The second-order valence-corrected chi connectivity index (χ2v) is 7.15. The molecule has 1 aromatic carbocycles. The van der Waals surface area contributed by atoms with Crippen molar-refractivity contribution in [3.8, 4) is 0 Å². The van der Waals surface area contributed by atoms with E-state index in [1.807, 2.05) is 0 Å². The van der Waals surface area contributed by atoms with Crippen molar-refractivity contribution in [3.05, 3.63) is 45.7 Å². The average molecular weight is 342 g/mol. The molecule has 0 aliphatic carbocycles. The summed E-state index contributed by atoms with van der Waals surface area (Å²) in [4.78, 5) is 1.27. The number of benzene rings is 1. The van der Waals surface area contributed by atoms with Gasteiger partial charge in [-0.2, -0.15) is 0 Å². The first-order valence-electron chi connectivity index (χ1n) is 5.95. The van der Waals surface area contributed by atoms with E-state index in [9.17, 15) is 0 Å². The summed E-state index contributed by atoms with van der Waals surface area (Å²) in [7, 11) is 0. The Kier molecular flexibility index (Phi) is 5.30. The molecule has 1 aromatic heterocycles. The Hall–Kier alpha value is -0.290. The van der Waals surface area contributed by atoms with Gasteiger partial charge in [-0.25, -0.2) is 0 Å². The van der Waals surface area contributed by atoms with E-state index in [4.69, 9.17) is 0 Å². The van der Waals surface area contributed by atoms with Crippen molar-refractivity contribution in [1.29, 1.82) is 0 Å². The Bertz CT molecular complexity index is 497. The molecule has 18 heavy (non-hydrogen) atoms. The number of halogens is 1. The van der Waals surface area contributed by atoms with E-state index in [1.54, 1.807) is 23.1 Å². The second kappa shape index (κ2) is 6.75. The van der Waals surface area contributed by atoms with Crippen molar-refractivity contribution in [3.63, 3.8) is 0 Å². The van der Waals surface area contributed by atoms with Crippen LogP contribution in [-0.2, 0) is 0 Å². The zero-order chi connectivity index (χ0) is 13.0. The first-order valence-corrected chi connectivity index (χ1v) is 8.43. The Labute approximate surface area is 125 Å². The van der Waals surface area contributed by atoms with Gasteiger partial charge in [-0.3, -0.25) is 0 Å². The maximum absolute atomic E-state index is 3.67. The van der Waals surface area contributed by atoms with Crippen LogP contribution in [0.15, 0.2) is 49.3 Å². The summed E-state index contributed by atoms with van der Waals surface area (Å²) < 4.78 is 2.49.